The number of carbonyl (C=O) groups is 1. The van der Waals surface area contributed by atoms with Gasteiger partial charge in [0.05, 0.1) is 33.2 Å². The molecule has 2 N–H and O–H groups in total. The molecule has 2 atom stereocenters. The summed E-state index contributed by atoms with van der Waals surface area (Å²) in [6.07, 6.45) is 2.89. The number of nitrogens with zero attached hydrogens (tertiary/aromatic N) is 6. The van der Waals surface area contributed by atoms with Gasteiger partial charge in [-0.2, -0.15) is 4.98 Å². The standard InChI is InChI=1S/C31H31ClF3N7O2/c1-7-22(43)40-12-17(6)41(13-16(40)5)29-19-10-20(32)27(18-11-21(33)23(34)24(35)25(18)36)38-30(19)42(31(44)39-29)28-15(4)8-9-37-26(28)14(2)3/h7-11,14,16-17H,1,12-13,36H2,2-6H3/t16-,17+/m1/s1. The number of nitrogen functional groups attached to an aromatic ring is 1. The number of hydrogen-bond acceptors (Lipinski definition) is 7. The van der Waals surface area contributed by atoms with Crippen molar-refractivity contribution in [2.24, 2.45) is 0 Å². The molecule has 3 aromatic heterocycles. The first-order valence-electron chi connectivity index (χ1n) is 14.0. The number of halogens is 4. The minimum absolute atomic E-state index is 0.0592. The number of benzene rings is 1. The molecule has 13 heteroatoms. The van der Waals surface area contributed by atoms with Crippen molar-refractivity contribution >= 4 is 40.0 Å². The van der Waals surface area contributed by atoms with Crippen LogP contribution in [0.2, 0.25) is 5.02 Å². The smallest absolute Gasteiger partial charge is 0.355 e. The van der Waals surface area contributed by atoms with Crippen molar-refractivity contribution in [3.8, 4) is 16.9 Å². The molecule has 0 aliphatic carbocycles. The van der Waals surface area contributed by atoms with Crippen LogP contribution in [0.1, 0.15) is 44.9 Å². The molecule has 1 fully saturated rings. The summed E-state index contributed by atoms with van der Waals surface area (Å²) in [5, 5.41) is 0.302. The second kappa shape index (κ2) is 11.6. The zero-order valence-corrected chi connectivity index (χ0v) is 25.6. The molecule has 1 saturated heterocycles. The van der Waals surface area contributed by atoms with Crippen molar-refractivity contribution in [1.29, 1.82) is 0 Å². The number of amides is 1. The molecule has 0 saturated carbocycles. The Morgan fingerprint density at radius 1 is 1.14 bits per heavy atom. The number of pyridine rings is 2. The Balaban J connectivity index is 1.86. The SMILES string of the molecule is C=CC(=O)N1C[C@H](C)N(c2nc(=O)n(-c3c(C)ccnc3C(C)C)c3nc(-c4cc(F)c(F)c(F)c4N)c(Cl)cc23)C[C@H]1C. The number of anilines is 2. The molecule has 230 valence electrons. The minimum Gasteiger partial charge on any atom is -0.396 e. The predicted molar refractivity (Wildman–Crippen MR) is 165 cm³/mol. The number of aromatic nitrogens is 4. The maximum atomic E-state index is 14.6. The molecule has 1 aliphatic rings. The molecule has 0 spiro atoms. The molecule has 9 nitrogen and oxygen atoms in total. The van der Waals surface area contributed by atoms with E-state index in [0.29, 0.717) is 41.5 Å². The van der Waals surface area contributed by atoms with Crippen molar-refractivity contribution in [2.45, 2.75) is 52.6 Å². The second-order valence-corrected chi connectivity index (χ2v) is 11.7. The Morgan fingerprint density at radius 2 is 1.84 bits per heavy atom. The van der Waals surface area contributed by atoms with Crippen molar-refractivity contribution in [3.63, 3.8) is 0 Å². The van der Waals surface area contributed by atoms with E-state index in [1.807, 2.05) is 39.5 Å². The monoisotopic (exact) mass is 625 g/mol. The van der Waals surface area contributed by atoms with Crippen LogP contribution in [-0.4, -0.2) is 55.5 Å². The van der Waals surface area contributed by atoms with E-state index in [0.717, 1.165) is 0 Å². The van der Waals surface area contributed by atoms with Gasteiger partial charge in [-0.05, 0) is 56.5 Å². The predicted octanol–water partition coefficient (Wildman–Crippen LogP) is 5.54. The first-order chi connectivity index (χ1) is 20.8. The number of fused-ring (bicyclic) bond motifs is 1. The lowest BCUT2D eigenvalue weighted by molar-refractivity contribution is -0.128. The van der Waals surface area contributed by atoms with Crippen LogP contribution in [0.15, 0.2) is 41.8 Å². The summed E-state index contributed by atoms with van der Waals surface area (Å²) in [5.74, 6) is -4.83. The lowest BCUT2D eigenvalue weighted by atomic mass is 10.0. The molecular formula is C31H31ClF3N7O2. The Labute approximate surface area is 256 Å². The largest absolute Gasteiger partial charge is 0.396 e. The van der Waals surface area contributed by atoms with Gasteiger partial charge in [-0.3, -0.25) is 9.78 Å². The van der Waals surface area contributed by atoms with Gasteiger partial charge < -0.3 is 15.5 Å². The highest BCUT2D eigenvalue weighted by molar-refractivity contribution is 6.34. The van der Waals surface area contributed by atoms with E-state index in [1.165, 1.54) is 16.7 Å². The highest BCUT2D eigenvalue weighted by Gasteiger charge is 2.34. The molecule has 1 aliphatic heterocycles. The first kappa shape index (κ1) is 31.0. The molecule has 5 rings (SSSR count). The van der Waals surface area contributed by atoms with E-state index in [2.05, 4.69) is 21.5 Å². The van der Waals surface area contributed by atoms with Crippen molar-refractivity contribution < 1.29 is 18.0 Å². The van der Waals surface area contributed by atoms with Crippen molar-refractivity contribution in [2.75, 3.05) is 23.7 Å². The fraction of sp³-hybridized carbons (Fsp3) is 0.323. The average molecular weight is 626 g/mol. The summed E-state index contributed by atoms with van der Waals surface area (Å²) in [5.41, 5.74) is 5.89. The quantitative estimate of drug-likeness (QED) is 0.176. The topological polar surface area (TPSA) is 110 Å². The Morgan fingerprint density at radius 3 is 2.50 bits per heavy atom. The van der Waals surface area contributed by atoms with E-state index >= 15 is 0 Å². The van der Waals surface area contributed by atoms with Gasteiger partial charge >= 0.3 is 5.69 Å². The van der Waals surface area contributed by atoms with Crippen molar-refractivity contribution in [3.05, 3.63) is 81.3 Å². The Hall–Kier alpha value is -4.45. The number of piperazine rings is 1. The van der Waals surface area contributed by atoms with Gasteiger partial charge in [-0.15, -0.1) is 0 Å². The fourth-order valence-corrected chi connectivity index (χ4v) is 5.90. The van der Waals surface area contributed by atoms with Crippen LogP contribution < -0.4 is 16.3 Å². The van der Waals surface area contributed by atoms with E-state index in [4.69, 9.17) is 17.3 Å². The third-order valence-electron chi connectivity index (χ3n) is 7.90. The molecule has 44 heavy (non-hydrogen) atoms. The first-order valence-corrected chi connectivity index (χ1v) is 14.4. The molecule has 0 unspecified atom stereocenters. The van der Waals surface area contributed by atoms with E-state index in [9.17, 15) is 22.8 Å². The number of aryl methyl sites for hydroxylation is 1. The van der Waals surface area contributed by atoms with E-state index < -0.39 is 28.8 Å². The summed E-state index contributed by atoms with van der Waals surface area (Å²) < 4.78 is 44.3. The maximum absolute atomic E-state index is 14.6. The van der Waals surface area contributed by atoms with E-state index in [1.54, 1.807) is 17.2 Å². The van der Waals surface area contributed by atoms with Gasteiger partial charge in [0.25, 0.3) is 0 Å². The van der Waals surface area contributed by atoms with Crippen LogP contribution in [0.5, 0.6) is 0 Å². The van der Waals surface area contributed by atoms with E-state index in [-0.39, 0.29) is 51.7 Å². The van der Waals surface area contributed by atoms with Crippen LogP contribution in [0.3, 0.4) is 0 Å². The van der Waals surface area contributed by atoms with Gasteiger partial charge in [-0.1, -0.05) is 32.0 Å². The van der Waals surface area contributed by atoms with Gasteiger partial charge in [0, 0.05) is 36.9 Å². The highest BCUT2D eigenvalue weighted by atomic mass is 35.5. The van der Waals surface area contributed by atoms with Crippen LogP contribution in [0.4, 0.5) is 24.7 Å². The molecule has 4 heterocycles. The summed E-state index contributed by atoms with van der Waals surface area (Å²) >= 11 is 6.70. The fourth-order valence-electron chi connectivity index (χ4n) is 5.65. The zero-order valence-electron chi connectivity index (χ0n) is 24.8. The molecule has 1 amide bonds. The lowest BCUT2D eigenvalue weighted by Gasteiger charge is -2.44. The lowest BCUT2D eigenvalue weighted by Crippen LogP contribution is -2.58. The number of carbonyl (C=O) groups excluding carboxylic acids is 1. The minimum atomic E-state index is -1.73. The van der Waals surface area contributed by atoms with Crippen LogP contribution in [0.25, 0.3) is 28.0 Å². The maximum Gasteiger partial charge on any atom is 0.355 e. The number of hydrogen-bond donors (Lipinski definition) is 1. The third-order valence-corrected chi connectivity index (χ3v) is 8.19. The molecule has 4 aromatic rings. The summed E-state index contributed by atoms with van der Waals surface area (Å²) in [7, 11) is 0. The van der Waals surface area contributed by atoms with Gasteiger partial charge in [0.1, 0.15) is 5.82 Å². The zero-order chi connectivity index (χ0) is 32.2. The normalized spacial score (nSPS) is 17.0. The summed E-state index contributed by atoms with van der Waals surface area (Å²) in [6.45, 7) is 13.7. The van der Waals surface area contributed by atoms with Crippen molar-refractivity contribution in [1.82, 2.24) is 24.4 Å². The summed E-state index contributed by atoms with van der Waals surface area (Å²) in [4.78, 5) is 43.8. The number of nitrogens with two attached hydrogens (primary N) is 1. The molecule has 0 radical (unpaired) electrons. The second-order valence-electron chi connectivity index (χ2n) is 11.3. The highest BCUT2D eigenvalue weighted by Crippen LogP contribution is 2.39. The molecule has 1 aromatic carbocycles. The summed E-state index contributed by atoms with van der Waals surface area (Å²) in [6, 6.07) is 3.42. The van der Waals surface area contributed by atoms with Gasteiger partial charge in [0.2, 0.25) is 5.91 Å². The Bertz CT molecular complexity index is 1900. The van der Waals surface area contributed by atoms with Gasteiger partial charge in [0.15, 0.2) is 23.1 Å². The number of rotatable bonds is 5. The van der Waals surface area contributed by atoms with Crippen LogP contribution in [-0.2, 0) is 4.79 Å². The average Bonchev–Trinajstić information content (AvgIpc) is 2.98. The Kier molecular flexibility index (Phi) is 8.15. The molecule has 0 bridgehead atoms. The van der Waals surface area contributed by atoms with Gasteiger partial charge in [-0.25, -0.2) is 27.5 Å². The van der Waals surface area contributed by atoms with Crippen LogP contribution >= 0.6 is 11.6 Å². The molecular weight excluding hydrogens is 595 g/mol. The van der Waals surface area contributed by atoms with Crippen LogP contribution in [0, 0.1) is 24.4 Å². The third kappa shape index (κ3) is 5.06.